The van der Waals surface area contributed by atoms with E-state index in [-0.39, 0.29) is 0 Å². The van der Waals surface area contributed by atoms with Gasteiger partial charge in [0, 0.05) is 17.6 Å². The maximum atomic E-state index is 5.82. The minimum Gasteiger partial charge on any atom is -0.248 e. The van der Waals surface area contributed by atoms with Gasteiger partial charge in [-0.25, -0.2) is 4.98 Å². The van der Waals surface area contributed by atoms with Gasteiger partial charge in [-0.2, -0.15) is 0 Å². The first-order valence-electron chi connectivity index (χ1n) is 5.43. The Hall–Kier alpha value is -1.00. The molecule has 0 fully saturated rings. The molecule has 80 valence electrons. The van der Waals surface area contributed by atoms with Gasteiger partial charge in [0.1, 0.15) is 5.69 Å². The monoisotopic (exact) mass is 221 g/mol. The van der Waals surface area contributed by atoms with E-state index < -0.39 is 0 Å². The van der Waals surface area contributed by atoms with Gasteiger partial charge in [0.25, 0.3) is 0 Å². The molecule has 0 spiro atoms. The number of aromatic nitrogens is 1. The van der Waals surface area contributed by atoms with Gasteiger partial charge < -0.3 is 0 Å². The Kier molecular flexibility index (Phi) is 5.88. The quantitative estimate of drug-likeness (QED) is 0.552. The first kappa shape index (κ1) is 12.1. The fourth-order valence-corrected chi connectivity index (χ4v) is 1.43. The number of rotatable bonds is 4. The van der Waals surface area contributed by atoms with E-state index >= 15 is 0 Å². The zero-order valence-electron chi connectivity index (χ0n) is 9.09. The Balaban J connectivity index is 2.32. The molecule has 0 amide bonds. The molecule has 0 N–H and O–H groups in total. The molecular formula is C13H16ClN. The highest BCUT2D eigenvalue weighted by Crippen LogP contribution is 2.07. The van der Waals surface area contributed by atoms with Crippen molar-refractivity contribution in [1.82, 2.24) is 4.98 Å². The molecule has 0 unspecified atom stereocenters. The summed E-state index contributed by atoms with van der Waals surface area (Å²) in [7, 11) is 0. The maximum absolute atomic E-state index is 5.82. The lowest BCUT2D eigenvalue weighted by atomic mass is 10.1. The van der Waals surface area contributed by atoms with Crippen LogP contribution in [-0.2, 0) is 0 Å². The number of hydrogen-bond donors (Lipinski definition) is 0. The van der Waals surface area contributed by atoms with Crippen molar-refractivity contribution in [1.29, 1.82) is 0 Å². The van der Waals surface area contributed by atoms with Crippen molar-refractivity contribution in [3.63, 3.8) is 0 Å². The second-order valence-corrected chi connectivity index (χ2v) is 3.91. The minimum absolute atomic E-state index is 0.695. The average Bonchev–Trinajstić information content (AvgIpc) is 2.23. The molecule has 1 rings (SSSR count). The van der Waals surface area contributed by atoms with Gasteiger partial charge in [-0.3, -0.25) is 0 Å². The third-order valence-corrected chi connectivity index (χ3v) is 2.33. The third-order valence-electron chi connectivity index (χ3n) is 2.09. The first-order valence-corrected chi connectivity index (χ1v) is 5.81. The van der Waals surface area contributed by atoms with Gasteiger partial charge >= 0.3 is 0 Å². The third kappa shape index (κ3) is 5.44. The predicted molar refractivity (Wildman–Crippen MR) is 64.9 cm³/mol. The van der Waals surface area contributed by atoms with E-state index in [1.807, 2.05) is 0 Å². The highest BCUT2D eigenvalue weighted by molar-refractivity contribution is 6.30. The summed E-state index contributed by atoms with van der Waals surface area (Å²) in [4.78, 5) is 4.12. The SMILES string of the molecule is CCCCCCC#Cc1cc(Cl)ccn1. The van der Waals surface area contributed by atoms with Gasteiger partial charge in [0.15, 0.2) is 0 Å². The van der Waals surface area contributed by atoms with E-state index in [0.29, 0.717) is 5.02 Å². The summed E-state index contributed by atoms with van der Waals surface area (Å²) in [5.74, 6) is 6.13. The molecule has 0 saturated carbocycles. The van der Waals surface area contributed by atoms with E-state index in [9.17, 15) is 0 Å². The topological polar surface area (TPSA) is 12.9 Å². The standard InChI is InChI=1S/C13H16ClN/c1-2-3-4-5-6-7-8-13-11-12(14)9-10-15-13/h9-11H,2-6H2,1H3. The highest BCUT2D eigenvalue weighted by atomic mass is 35.5. The second kappa shape index (κ2) is 7.31. The lowest BCUT2D eigenvalue weighted by Crippen LogP contribution is -1.80. The molecule has 1 aromatic rings. The van der Waals surface area contributed by atoms with E-state index in [1.165, 1.54) is 25.7 Å². The van der Waals surface area contributed by atoms with Crippen molar-refractivity contribution in [2.75, 3.05) is 0 Å². The summed E-state index contributed by atoms with van der Waals surface area (Å²) in [5, 5.41) is 0.695. The Bertz CT molecular complexity index is 349. The molecule has 0 aliphatic heterocycles. The molecule has 1 nitrogen and oxygen atoms in total. The van der Waals surface area contributed by atoms with Crippen LogP contribution in [0.3, 0.4) is 0 Å². The van der Waals surface area contributed by atoms with Gasteiger partial charge in [-0.15, -0.1) is 0 Å². The van der Waals surface area contributed by atoms with Gasteiger partial charge in [-0.1, -0.05) is 43.7 Å². The zero-order valence-corrected chi connectivity index (χ0v) is 9.85. The van der Waals surface area contributed by atoms with Crippen LogP contribution < -0.4 is 0 Å². The molecule has 15 heavy (non-hydrogen) atoms. The van der Waals surface area contributed by atoms with E-state index in [1.54, 1.807) is 18.3 Å². The van der Waals surface area contributed by atoms with Crippen LogP contribution in [0.1, 0.15) is 44.7 Å². The van der Waals surface area contributed by atoms with Gasteiger partial charge in [-0.05, 0) is 24.5 Å². The molecule has 1 heterocycles. The molecule has 0 radical (unpaired) electrons. The van der Waals surface area contributed by atoms with Crippen LogP contribution in [0.5, 0.6) is 0 Å². The lowest BCUT2D eigenvalue weighted by molar-refractivity contribution is 0.679. The Morgan fingerprint density at radius 2 is 2.20 bits per heavy atom. The van der Waals surface area contributed by atoms with Crippen LogP contribution in [0.2, 0.25) is 5.02 Å². The summed E-state index contributed by atoms with van der Waals surface area (Å²) < 4.78 is 0. The molecular weight excluding hydrogens is 206 g/mol. The number of unbranched alkanes of at least 4 members (excludes halogenated alkanes) is 4. The molecule has 1 aromatic heterocycles. The maximum Gasteiger partial charge on any atom is 0.114 e. The summed E-state index contributed by atoms with van der Waals surface area (Å²) in [6, 6.07) is 3.55. The number of nitrogens with zero attached hydrogens (tertiary/aromatic N) is 1. The number of hydrogen-bond acceptors (Lipinski definition) is 1. The first-order chi connectivity index (χ1) is 7.33. The van der Waals surface area contributed by atoms with Crippen LogP contribution in [0.25, 0.3) is 0 Å². The molecule has 2 heteroatoms. The van der Waals surface area contributed by atoms with Crippen molar-refractivity contribution < 1.29 is 0 Å². The van der Waals surface area contributed by atoms with E-state index in [4.69, 9.17) is 11.6 Å². The predicted octanol–water partition coefficient (Wildman–Crippen LogP) is 4.06. The smallest absolute Gasteiger partial charge is 0.114 e. The summed E-state index contributed by atoms with van der Waals surface area (Å²) in [5.41, 5.74) is 0.762. The summed E-state index contributed by atoms with van der Waals surface area (Å²) in [6.07, 6.45) is 7.66. The van der Waals surface area contributed by atoms with Crippen LogP contribution in [0.4, 0.5) is 0 Å². The molecule has 0 aliphatic rings. The average molecular weight is 222 g/mol. The van der Waals surface area contributed by atoms with Crippen molar-refractivity contribution in [3.8, 4) is 11.8 Å². The molecule has 0 aromatic carbocycles. The Labute approximate surface area is 96.9 Å². The van der Waals surface area contributed by atoms with Gasteiger partial charge in [0.2, 0.25) is 0 Å². The fourth-order valence-electron chi connectivity index (χ4n) is 1.27. The summed E-state index contributed by atoms with van der Waals surface area (Å²) >= 11 is 5.82. The van der Waals surface area contributed by atoms with Crippen LogP contribution in [-0.4, -0.2) is 4.98 Å². The molecule has 0 atom stereocenters. The molecule has 0 bridgehead atoms. The molecule has 0 saturated heterocycles. The van der Waals surface area contributed by atoms with Gasteiger partial charge in [0.05, 0.1) is 0 Å². The Morgan fingerprint density at radius 3 is 2.93 bits per heavy atom. The zero-order chi connectivity index (χ0) is 10.9. The van der Waals surface area contributed by atoms with Crippen LogP contribution >= 0.6 is 11.6 Å². The van der Waals surface area contributed by atoms with Crippen LogP contribution in [0, 0.1) is 11.8 Å². The van der Waals surface area contributed by atoms with Crippen LogP contribution in [0.15, 0.2) is 18.3 Å². The van der Waals surface area contributed by atoms with Crippen molar-refractivity contribution in [2.45, 2.75) is 39.0 Å². The van der Waals surface area contributed by atoms with Crippen molar-refractivity contribution >= 4 is 11.6 Å². The van der Waals surface area contributed by atoms with Crippen molar-refractivity contribution in [2.24, 2.45) is 0 Å². The van der Waals surface area contributed by atoms with Crippen molar-refractivity contribution in [3.05, 3.63) is 29.0 Å². The van der Waals surface area contributed by atoms with E-state index in [2.05, 4.69) is 23.7 Å². The second-order valence-electron chi connectivity index (χ2n) is 3.47. The minimum atomic E-state index is 0.695. The lowest BCUT2D eigenvalue weighted by Gasteiger charge is -1.92. The number of halogens is 1. The Morgan fingerprint density at radius 1 is 1.33 bits per heavy atom. The highest BCUT2D eigenvalue weighted by Gasteiger charge is 1.89. The van der Waals surface area contributed by atoms with E-state index in [0.717, 1.165) is 12.1 Å². The summed E-state index contributed by atoms with van der Waals surface area (Å²) in [6.45, 7) is 2.21. The molecule has 0 aliphatic carbocycles. The largest absolute Gasteiger partial charge is 0.248 e. The fraction of sp³-hybridized carbons (Fsp3) is 0.462. The normalized spacial score (nSPS) is 9.47. The number of pyridine rings is 1.